The molecule has 122 valence electrons. The van der Waals surface area contributed by atoms with Gasteiger partial charge < -0.3 is 10.6 Å². The summed E-state index contributed by atoms with van der Waals surface area (Å²) in [7, 11) is 0. The highest BCUT2D eigenvalue weighted by atomic mass is 35.5. The first-order valence-electron chi connectivity index (χ1n) is 7.66. The van der Waals surface area contributed by atoms with Gasteiger partial charge in [-0.25, -0.2) is 0 Å². The van der Waals surface area contributed by atoms with Gasteiger partial charge in [0.1, 0.15) is 0 Å². The summed E-state index contributed by atoms with van der Waals surface area (Å²) in [5.74, 6) is -0.0924. The molecule has 0 heterocycles. The molecule has 2 N–H and O–H groups in total. The van der Waals surface area contributed by atoms with Gasteiger partial charge in [-0.2, -0.15) is 0 Å². The summed E-state index contributed by atoms with van der Waals surface area (Å²) in [5, 5.41) is 6.64. The van der Waals surface area contributed by atoms with Crippen molar-refractivity contribution in [3.05, 3.63) is 58.6 Å². The van der Waals surface area contributed by atoms with Crippen LogP contribution >= 0.6 is 11.6 Å². The molecule has 1 amide bonds. The lowest BCUT2D eigenvalue weighted by atomic mass is 9.87. The molecule has 2 aromatic carbocycles. The van der Waals surface area contributed by atoms with Gasteiger partial charge in [-0.3, -0.25) is 4.79 Å². The van der Waals surface area contributed by atoms with E-state index in [0.29, 0.717) is 5.02 Å². The molecular weight excluding hydrogens is 308 g/mol. The van der Waals surface area contributed by atoms with Crippen LogP contribution in [0.25, 0.3) is 0 Å². The fraction of sp³-hybridized carbons (Fsp3) is 0.316. The molecule has 0 aliphatic rings. The van der Waals surface area contributed by atoms with Gasteiger partial charge in [-0.05, 0) is 47.7 Å². The molecule has 0 saturated heterocycles. The van der Waals surface area contributed by atoms with Crippen LogP contribution in [0.15, 0.2) is 42.5 Å². The van der Waals surface area contributed by atoms with Gasteiger partial charge >= 0.3 is 0 Å². The number of carbonyl (C=O) groups is 1. The minimum absolute atomic E-state index is 0.0924. The number of rotatable bonds is 4. The van der Waals surface area contributed by atoms with E-state index in [-0.39, 0.29) is 17.9 Å². The second kappa shape index (κ2) is 7.05. The van der Waals surface area contributed by atoms with Crippen LogP contribution in [0.5, 0.6) is 0 Å². The molecule has 0 aliphatic heterocycles. The maximum Gasteiger partial charge on any atom is 0.243 e. The van der Waals surface area contributed by atoms with Crippen molar-refractivity contribution in [3.63, 3.8) is 0 Å². The molecule has 0 bridgehead atoms. The molecule has 0 fully saturated rings. The third-order valence-electron chi connectivity index (χ3n) is 3.66. The topological polar surface area (TPSA) is 41.1 Å². The van der Waals surface area contributed by atoms with Crippen LogP contribution in [0.3, 0.4) is 0 Å². The standard InChI is InChI=1S/C19H23ClN2O/c1-13-5-8-16(11-17(13)20)21-12-18(23)22-15-9-6-14(7-10-15)19(2,3)4/h5-11,21H,12H2,1-4H3,(H,22,23). The summed E-state index contributed by atoms with van der Waals surface area (Å²) >= 11 is 6.07. The Bertz CT molecular complexity index is 688. The minimum atomic E-state index is -0.0924. The Kier molecular flexibility index (Phi) is 5.32. The second-order valence-electron chi connectivity index (χ2n) is 6.69. The maximum atomic E-state index is 12.0. The quantitative estimate of drug-likeness (QED) is 0.828. The lowest BCUT2D eigenvalue weighted by molar-refractivity contribution is -0.114. The highest BCUT2D eigenvalue weighted by Gasteiger charge is 2.13. The van der Waals surface area contributed by atoms with Gasteiger partial charge in [0, 0.05) is 16.4 Å². The Balaban J connectivity index is 1.90. The summed E-state index contributed by atoms with van der Waals surface area (Å²) < 4.78 is 0. The maximum absolute atomic E-state index is 12.0. The summed E-state index contributed by atoms with van der Waals surface area (Å²) in [6.07, 6.45) is 0. The van der Waals surface area contributed by atoms with E-state index in [0.717, 1.165) is 16.9 Å². The molecule has 2 aromatic rings. The van der Waals surface area contributed by atoms with Crippen molar-refractivity contribution in [2.24, 2.45) is 0 Å². The number of nitrogens with one attached hydrogen (secondary N) is 2. The van der Waals surface area contributed by atoms with E-state index in [1.54, 1.807) is 0 Å². The average Bonchev–Trinajstić information content (AvgIpc) is 2.48. The van der Waals surface area contributed by atoms with Crippen LogP contribution in [-0.4, -0.2) is 12.5 Å². The summed E-state index contributed by atoms with van der Waals surface area (Å²) in [6.45, 7) is 8.63. The van der Waals surface area contributed by atoms with Gasteiger partial charge in [0.25, 0.3) is 0 Å². The number of hydrogen-bond acceptors (Lipinski definition) is 2. The van der Waals surface area contributed by atoms with Gasteiger partial charge in [0.2, 0.25) is 5.91 Å². The van der Waals surface area contributed by atoms with Crippen LogP contribution in [0, 0.1) is 6.92 Å². The highest BCUT2D eigenvalue weighted by molar-refractivity contribution is 6.31. The Morgan fingerprint density at radius 1 is 1.04 bits per heavy atom. The van der Waals surface area contributed by atoms with Crippen LogP contribution in [-0.2, 0) is 10.2 Å². The lowest BCUT2D eigenvalue weighted by Crippen LogP contribution is -2.21. The van der Waals surface area contributed by atoms with Gasteiger partial charge in [-0.15, -0.1) is 0 Å². The third kappa shape index (κ3) is 5.00. The number of halogens is 1. The van der Waals surface area contributed by atoms with Crippen molar-refractivity contribution in [2.45, 2.75) is 33.1 Å². The number of benzene rings is 2. The highest BCUT2D eigenvalue weighted by Crippen LogP contribution is 2.23. The van der Waals surface area contributed by atoms with Crippen LogP contribution in [0.4, 0.5) is 11.4 Å². The van der Waals surface area contributed by atoms with E-state index < -0.39 is 0 Å². The predicted molar refractivity (Wildman–Crippen MR) is 98.5 cm³/mol. The molecule has 0 unspecified atom stereocenters. The van der Waals surface area contributed by atoms with Crippen molar-refractivity contribution in [3.8, 4) is 0 Å². The molecule has 0 radical (unpaired) electrons. The molecular formula is C19H23ClN2O. The minimum Gasteiger partial charge on any atom is -0.376 e. The predicted octanol–water partition coefficient (Wildman–Crippen LogP) is 5.00. The third-order valence-corrected chi connectivity index (χ3v) is 4.07. The SMILES string of the molecule is Cc1ccc(NCC(=O)Nc2ccc(C(C)(C)C)cc2)cc1Cl. The number of anilines is 2. The number of carbonyl (C=O) groups excluding carboxylic acids is 1. The zero-order valence-electron chi connectivity index (χ0n) is 14.0. The Hall–Kier alpha value is -2.00. The van der Waals surface area contributed by atoms with E-state index >= 15 is 0 Å². The zero-order chi connectivity index (χ0) is 17.0. The van der Waals surface area contributed by atoms with E-state index in [1.165, 1.54) is 5.56 Å². The molecule has 2 rings (SSSR count). The summed E-state index contributed by atoms with van der Waals surface area (Å²) in [4.78, 5) is 12.0. The zero-order valence-corrected chi connectivity index (χ0v) is 14.8. The first kappa shape index (κ1) is 17.4. The van der Waals surface area contributed by atoms with Crippen molar-refractivity contribution >= 4 is 28.9 Å². The molecule has 23 heavy (non-hydrogen) atoms. The van der Waals surface area contributed by atoms with Gasteiger partial charge in [-0.1, -0.05) is 50.6 Å². The average molecular weight is 331 g/mol. The first-order valence-corrected chi connectivity index (χ1v) is 8.04. The van der Waals surface area contributed by atoms with Crippen molar-refractivity contribution in [2.75, 3.05) is 17.2 Å². The first-order chi connectivity index (χ1) is 10.8. The molecule has 0 saturated carbocycles. The van der Waals surface area contributed by atoms with E-state index in [4.69, 9.17) is 11.6 Å². The van der Waals surface area contributed by atoms with Crippen molar-refractivity contribution in [1.29, 1.82) is 0 Å². The molecule has 0 atom stereocenters. The van der Waals surface area contributed by atoms with Crippen LogP contribution in [0.2, 0.25) is 5.02 Å². The van der Waals surface area contributed by atoms with Crippen LogP contribution < -0.4 is 10.6 Å². The number of aryl methyl sites for hydroxylation is 1. The van der Waals surface area contributed by atoms with E-state index in [2.05, 4.69) is 31.4 Å². The summed E-state index contributed by atoms with van der Waals surface area (Å²) in [5.41, 5.74) is 3.99. The molecule has 0 spiro atoms. The molecule has 0 aromatic heterocycles. The second-order valence-corrected chi connectivity index (χ2v) is 7.10. The fourth-order valence-electron chi connectivity index (χ4n) is 2.14. The van der Waals surface area contributed by atoms with Gasteiger partial charge in [0.15, 0.2) is 0 Å². The fourth-order valence-corrected chi connectivity index (χ4v) is 2.32. The number of amides is 1. The molecule has 0 aliphatic carbocycles. The summed E-state index contributed by atoms with van der Waals surface area (Å²) in [6, 6.07) is 13.6. The largest absolute Gasteiger partial charge is 0.376 e. The lowest BCUT2D eigenvalue weighted by Gasteiger charge is -2.19. The monoisotopic (exact) mass is 330 g/mol. The van der Waals surface area contributed by atoms with Gasteiger partial charge in [0.05, 0.1) is 6.54 Å². The Morgan fingerprint density at radius 3 is 2.22 bits per heavy atom. The normalized spacial score (nSPS) is 11.2. The molecule has 4 heteroatoms. The van der Waals surface area contributed by atoms with Crippen molar-refractivity contribution < 1.29 is 4.79 Å². The van der Waals surface area contributed by atoms with Crippen molar-refractivity contribution in [1.82, 2.24) is 0 Å². The van der Waals surface area contributed by atoms with E-state index in [9.17, 15) is 4.79 Å². The van der Waals surface area contributed by atoms with Crippen LogP contribution in [0.1, 0.15) is 31.9 Å². The van der Waals surface area contributed by atoms with E-state index in [1.807, 2.05) is 49.4 Å². The molecule has 3 nitrogen and oxygen atoms in total. The Labute approximate surface area is 143 Å². The number of hydrogen-bond donors (Lipinski definition) is 2. The Morgan fingerprint density at radius 2 is 1.65 bits per heavy atom. The smallest absolute Gasteiger partial charge is 0.243 e.